The molecule has 3 heterocycles. The maximum absolute atomic E-state index is 13.0. The van der Waals surface area contributed by atoms with Gasteiger partial charge >= 0.3 is 0 Å². The molecule has 5 rings (SSSR count). The van der Waals surface area contributed by atoms with Crippen LogP contribution in [-0.2, 0) is 21.4 Å². The van der Waals surface area contributed by atoms with Crippen molar-refractivity contribution in [2.45, 2.75) is 51.0 Å². The zero-order valence-corrected chi connectivity index (χ0v) is 20.3. The van der Waals surface area contributed by atoms with Crippen molar-refractivity contribution in [3.8, 4) is 11.3 Å². The lowest BCUT2D eigenvalue weighted by Crippen LogP contribution is -2.32. The van der Waals surface area contributed by atoms with Crippen molar-refractivity contribution in [1.82, 2.24) is 14.6 Å². The SMILES string of the molecule is O=C1Cn2c(-c3ccoc3)c(C3CCCCC3)c3ccc(cc32)C(=O)NS(=O)(=O)C/C=C/CCN1. The van der Waals surface area contributed by atoms with Gasteiger partial charge in [0, 0.05) is 23.1 Å². The number of fused-ring (bicyclic) bond motifs is 1. The van der Waals surface area contributed by atoms with Gasteiger partial charge in [0.1, 0.15) is 6.54 Å². The minimum Gasteiger partial charge on any atom is -0.472 e. The molecule has 2 amide bonds. The third-order valence-corrected chi connectivity index (χ3v) is 7.97. The predicted molar refractivity (Wildman–Crippen MR) is 133 cm³/mol. The van der Waals surface area contributed by atoms with E-state index in [0.717, 1.165) is 53.4 Å². The molecular weight excluding hydrogens is 466 g/mol. The number of sulfonamides is 1. The lowest BCUT2D eigenvalue weighted by Gasteiger charge is -2.23. The van der Waals surface area contributed by atoms with Crippen LogP contribution in [0.25, 0.3) is 22.2 Å². The number of amides is 2. The number of hydrogen-bond donors (Lipinski definition) is 2. The molecule has 2 aliphatic rings. The highest BCUT2D eigenvalue weighted by Crippen LogP contribution is 2.44. The fourth-order valence-corrected chi connectivity index (χ4v) is 6.12. The number of hydrogen-bond acceptors (Lipinski definition) is 5. The van der Waals surface area contributed by atoms with Gasteiger partial charge in [0.15, 0.2) is 0 Å². The van der Waals surface area contributed by atoms with E-state index in [1.165, 1.54) is 12.5 Å². The second kappa shape index (κ2) is 9.73. The Hall–Kier alpha value is -3.33. The lowest BCUT2D eigenvalue weighted by atomic mass is 9.82. The second-order valence-corrected chi connectivity index (χ2v) is 11.0. The fraction of sp³-hybridized carbons (Fsp3) is 0.385. The number of carbonyl (C=O) groups is 2. The summed E-state index contributed by atoms with van der Waals surface area (Å²) in [5, 5.41) is 3.91. The van der Waals surface area contributed by atoms with Gasteiger partial charge in [-0.05, 0) is 48.9 Å². The van der Waals surface area contributed by atoms with Crippen molar-refractivity contribution in [1.29, 1.82) is 0 Å². The van der Waals surface area contributed by atoms with Crippen LogP contribution in [0.4, 0.5) is 0 Å². The second-order valence-electron chi connectivity index (χ2n) is 9.25. The summed E-state index contributed by atoms with van der Waals surface area (Å²) < 4.78 is 34.3. The maximum Gasteiger partial charge on any atom is 0.264 e. The molecule has 1 saturated carbocycles. The van der Waals surface area contributed by atoms with E-state index in [1.807, 2.05) is 16.7 Å². The normalized spacial score (nSPS) is 20.7. The molecule has 1 aliphatic heterocycles. The quantitative estimate of drug-likeness (QED) is 0.521. The van der Waals surface area contributed by atoms with Crippen LogP contribution in [0.3, 0.4) is 0 Å². The van der Waals surface area contributed by atoms with E-state index >= 15 is 0 Å². The number of nitrogens with zero attached hydrogens (tertiary/aromatic N) is 1. The monoisotopic (exact) mass is 495 g/mol. The molecule has 3 aromatic rings. The highest BCUT2D eigenvalue weighted by Gasteiger charge is 2.28. The molecule has 0 unspecified atom stereocenters. The van der Waals surface area contributed by atoms with Gasteiger partial charge in [0.2, 0.25) is 15.9 Å². The first-order valence-corrected chi connectivity index (χ1v) is 13.7. The van der Waals surface area contributed by atoms with Crippen molar-refractivity contribution in [2.24, 2.45) is 0 Å². The lowest BCUT2D eigenvalue weighted by molar-refractivity contribution is -0.121. The largest absolute Gasteiger partial charge is 0.472 e. The molecule has 0 spiro atoms. The van der Waals surface area contributed by atoms with E-state index in [9.17, 15) is 18.0 Å². The Balaban J connectivity index is 1.72. The Labute approximate surface area is 204 Å². The van der Waals surface area contributed by atoms with E-state index in [0.29, 0.717) is 18.9 Å². The maximum atomic E-state index is 13.0. The van der Waals surface area contributed by atoms with Crippen molar-refractivity contribution in [3.63, 3.8) is 0 Å². The van der Waals surface area contributed by atoms with Gasteiger partial charge in [-0.1, -0.05) is 37.5 Å². The molecule has 0 atom stereocenters. The summed E-state index contributed by atoms with van der Waals surface area (Å²) in [6.45, 7) is 0.472. The van der Waals surface area contributed by atoms with Crippen LogP contribution in [0.15, 0.2) is 53.4 Å². The number of benzene rings is 1. The minimum absolute atomic E-state index is 0.0802. The van der Waals surface area contributed by atoms with Gasteiger partial charge in [0.05, 0.1) is 29.5 Å². The van der Waals surface area contributed by atoms with Crippen LogP contribution < -0.4 is 10.0 Å². The zero-order chi connectivity index (χ0) is 24.4. The summed E-state index contributed by atoms with van der Waals surface area (Å²) in [5.41, 5.74) is 3.93. The number of rotatable bonds is 2. The molecule has 2 N–H and O–H groups in total. The van der Waals surface area contributed by atoms with Gasteiger partial charge in [-0.25, -0.2) is 13.1 Å². The Kier molecular flexibility index (Phi) is 6.51. The molecule has 1 aromatic carbocycles. The van der Waals surface area contributed by atoms with Crippen LogP contribution in [0, 0.1) is 0 Å². The third kappa shape index (κ3) is 4.91. The van der Waals surface area contributed by atoms with E-state index < -0.39 is 15.9 Å². The molecule has 0 radical (unpaired) electrons. The zero-order valence-electron chi connectivity index (χ0n) is 19.5. The molecule has 2 bridgehead atoms. The molecular formula is C26H29N3O5S. The van der Waals surface area contributed by atoms with Crippen molar-refractivity contribution >= 4 is 32.7 Å². The van der Waals surface area contributed by atoms with Gasteiger partial charge in [0.25, 0.3) is 5.91 Å². The molecule has 1 aliphatic carbocycles. The first kappa shape index (κ1) is 23.4. The van der Waals surface area contributed by atoms with Gasteiger partial charge < -0.3 is 14.3 Å². The van der Waals surface area contributed by atoms with Crippen LogP contribution in [-0.4, -0.2) is 37.1 Å². The molecule has 8 nitrogen and oxygen atoms in total. The van der Waals surface area contributed by atoms with Gasteiger partial charge in [-0.2, -0.15) is 0 Å². The number of nitrogens with one attached hydrogen (secondary N) is 2. The molecule has 35 heavy (non-hydrogen) atoms. The van der Waals surface area contributed by atoms with Crippen LogP contribution in [0.5, 0.6) is 0 Å². The van der Waals surface area contributed by atoms with E-state index in [4.69, 9.17) is 4.42 Å². The summed E-state index contributed by atoms with van der Waals surface area (Å²) >= 11 is 0. The average molecular weight is 496 g/mol. The Morgan fingerprint density at radius 3 is 2.60 bits per heavy atom. The van der Waals surface area contributed by atoms with Crippen molar-refractivity contribution in [3.05, 3.63) is 60.1 Å². The Morgan fingerprint density at radius 1 is 1.00 bits per heavy atom. The Morgan fingerprint density at radius 2 is 1.83 bits per heavy atom. The van der Waals surface area contributed by atoms with Crippen molar-refractivity contribution in [2.75, 3.05) is 12.3 Å². The first-order chi connectivity index (χ1) is 16.9. The Bertz CT molecular complexity index is 1380. The summed E-state index contributed by atoms with van der Waals surface area (Å²) in [7, 11) is -3.82. The van der Waals surface area contributed by atoms with E-state index in [-0.39, 0.29) is 23.8 Å². The number of aromatic nitrogens is 1. The first-order valence-electron chi connectivity index (χ1n) is 12.1. The molecule has 0 saturated heterocycles. The summed E-state index contributed by atoms with van der Waals surface area (Å²) in [4.78, 5) is 25.9. The summed E-state index contributed by atoms with van der Waals surface area (Å²) in [5.74, 6) is -0.804. The summed E-state index contributed by atoms with van der Waals surface area (Å²) in [6, 6.07) is 7.13. The molecule has 9 heteroatoms. The van der Waals surface area contributed by atoms with Crippen LogP contribution in [0.2, 0.25) is 0 Å². The minimum atomic E-state index is -3.82. The smallest absolute Gasteiger partial charge is 0.264 e. The standard InChI is InChI=1S/C26H29N3O5S/c30-23-16-29-22-15-19(26(31)28-35(32,33)14-6-2-5-12-27-23)9-10-21(22)24(18-7-3-1-4-8-18)25(29)20-11-13-34-17-20/h2,6,9-11,13,15,17-18H,1,3-5,7-8,12,14,16H2,(H,27,30)(H,28,31)/b6-2+. The van der Waals surface area contributed by atoms with Crippen LogP contribution >= 0.6 is 0 Å². The predicted octanol–water partition coefficient (Wildman–Crippen LogP) is 4.08. The fourth-order valence-electron chi connectivity index (χ4n) is 5.25. The highest BCUT2D eigenvalue weighted by molar-refractivity contribution is 7.90. The number of carbonyl (C=O) groups excluding carboxylic acids is 2. The van der Waals surface area contributed by atoms with Crippen LogP contribution in [0.1, 0.15) is 60.4 Å². The third-order valence-electron chi connectivity index (χ3n) is 6.84. The highest BCUT2D eigenvalue weighted by atomic mass is 32.2. The molecule has 2 aromatic heterocycles. The van der Waals surface area contributed by atoms with Crippen molar-refractivity contribution < 1.29 is 22.4 Å². The van der Waals surface area contributed by atoms with E-state index in [2.05, 4.69) is 10.0 Å². The molecule has 1 fully saturated rings. The summed E-state index contributed by atoms with van der Waals surface area (Å²) in [6.07, 6.45) is 12.6. The van der Waals surface area contributed by atoms with Gasteiger partial charge in [-0.15, -0.1) is 0 Å². The van der Waals surface area contributed by atoms with Gasteiger partial charge in [-0.3, -0.25) is 9.59 Å². The van der Waals surface area contributed by atoms with E-state index in [1.54, 1.807) is 30.7 Å². The topological polar surface area (TPSA) is 110 Å². The average Bonchev–Trinajstić information content (AvgIpc) is 3.47. The number of furan rings is 1. The molecule has 184 valence electrons.